The molecule has 0 amide bonds. The summed E-state index contributed by atoms with van der Waals surface area (Å²) in [6.07, 6.45) is -5.99. The number of aliphatic hydroxyl groups is 4. The van der Waals surface area contributed by atoms with Gasteiger partial charge in [0.1, 0.15) is 24.4 Å². The van der Waals surface area contributed by atoms with Crippen molar-refractivity contribution >= 4 is 5.97 Å². The second-order valence-electron chi connectivity index (χ2n) is 9.39. The molecule has 2 aromatic rings. The molecule has 0 aliphatic carbocycles. The lowest BCUT2D eigenvalue weighted by Crippen LogP contribution is -2.60. The summed E-state index contributed by atoms with van der Waals surface area (Å²) in [5.74, 6) is 1.12. The van der Waals surface area contributed by atoms with E-state index in [-0.39, 0.29) is 23.6 Å². The van der Waals surface area contributed by atoms with Gasteiger partial charge in [0.05, 0.1) is 40.5 Å². The molecule has 2 fully saturated rings. The van der Waals surface area contributed by atoms with E-state index in [1.165, 1.54) is 7.11 Å². The van der Waals surface area contributed by atoms with Crippen LogP contribution in [0.5, 0.6) is 23.0 Å². The number of hydrogen-bond donors (Lipinski definition) is 4. The fraction of sp³-hybridized carbons (Fsp3) is 0.519. The summed E-state index contributed by atoms with van der Waals surface area (Å²) in [5, 5.41) is 39.7. The molecule has 2 aliphatic rings. The van der Waals surface area contributed by atoms with E-state index < -0.39 is 37.3 Å². The van der Waals surface area contributed by atoms with Gasteiger partial charge in [0.15, 0.2) is 23.0 Å². The lowest BCUT2D eigenvalue weighted by atomic mass is 9.85. The van der Waals surface area contributed by atoms with Crippen molar-refractivity contribution in [2.45, 2.75) is 43.5 Å². The van der Waals surface area contributed by atoms with Crippen LogP contribution in [0.25, 0.3) is 0 Å². The Morgan fingerprint density at radius 3 is 2.05 bits per heavy atom. The molecule has 208 valence electrons. The van der Waals surface area contributed by atoms with E-state index in [0.717, 1.165) is 11.1 Å². The van der Waals surface area contributed by atoms with Crippen molar-refractivity contribution in [2.24, 2.45) is 11.8 Å². The third-order valence-electron chi connectivity index (χ3n) is 7.03. The molecule has 2 aliphatic heterocycles. The monoisotopic (exact) mass is 534 g/mol. The van der Waals surface area contributed by atoms with Crippen molar-refractivity contribution in [2.75, 3.05) is 34.5 Å². The number of aliphatic hydroxyl groups excluding tert-OH is 4. The number of methoxy groups -OCH3 is 3. The van der Waals surface area contributed by atoms with Crippen LogP contribution >= 0.6 is 0 Å². The number of esters is 1. The van der Waals surface area contributed by atoms with Crippen molar-refractivity contribution in [1.29, 1.82) is 0 Å². The minimum atomic E-state index is -1.56. The number of benzene rings is 2. The smallest absolute Gasteiger partial charge is 0.309 e. The summed E-state index contributed by atoms with van der Waals surface area (Å²) in [5.41, 5.74) is 1.81. The van der Waals surface area contributed by atoms with Gasteiger partial charge in [-0.25, -0.2) is 0 Å². The van der Waals surface area contributed by atoms with Crippen molar-refractivity contribution in [3.05, 3.63) is 47.5 Å². The van der Waals surface area contributed by atoms with Gasteiger partial charge in [-0.15, -0.1) is 0 Å². The highest BCUT2D eigenvalue weighted by atomic mass is 16.7. The summed E-state index contributed by atoms with van der Waals surface area (Å²) in [6, 6.07) is 10.8. The Kier molecular flexibility index (Phi) is 8.95. The van der Waals surface area contributed by atoms with E-state index in [2.05, 4.69) is 0 Å². The predicted octanol–water partition coefficient (Wildman–Crippen LogP) is 0.466. The highest BCUT2D eigenvalue weighted by Crippen LogP contribution is 2.36. The van der Waals surface area contributed by atoms with Gasteiger partial charge in [-0.1, -0.05) is 12.1 Å². The highest BCUT2D eigenvalue weighted by molar-refractivity contribution is 5.75. The summed E-state index contributed by atoms with van der Waals surface area (Å²) in [6.45, 7) is -0.268. The molecule has 2 saturated heterocycles. The fourth-order valence-corrected chi connectivity index (χ4v) is 4.85. The first-order valence-corrected chi connectivity index (χ1v) is 12.3. The summed E-state index contributed by atoms with van der Waals surface area (Å²) >= 11 is 0. The first-order chi connectivity index (χ1) is 18.3. The molecule has 0 bridgehead atoms. The van der Waals surface area contributed by atoms with Crippen molar-refractivity contribution in [3.63, 3.8) is 0 Å². The summed E-state index contributed by atoms with van der Waals surface area (Å²) < 4.78 is 32.7. The predicted molar refractivity (Wildman–Crippen MR) is 132 cm³/mol. The lowest BCUT2D eigenvalue weighted by molar-refractivity contribution is -0.277. The fourth-order valence-electron chi connectivity index (χ4n) is 4.85. The topological polar surface area (TPSA) is 153 Å². The van der Waals surface area contributed by atoms with E-state index in [4.69, 9.17) is 28.4 Å². The van der Waals surface area contributed by atoms with Gasteiger partial charge < -0.3 is 48.8 Å². The molecular weight excluding hydrogens is 500 g/mol. The van der Waals surface area contributed by atoms with Gasteiger partial charge in [-0.2, -0.15) is 0 Å². The Morgan fingerprint density at radius 2 is 1.42 bits per heavy atom. The average molecular weight is 535 g/mol. The van der Waals surface area contributed by atoms with E-state index in [1.807, 2.05) is 18.2 Å². The normalized spacial score (nSPS) is 29.0. The third kappa shape index (κ3) is 5.82. The van der Waals surface area contributed by atoms with Crippen LogP contribution in [0.4, 0.5) is 0 Å². The molecule has 7 atom stereocenters. The molecule has 2 aromatic carbocycles. The van der Waals surface area contributed by atoms with E-state index in [1.54, 1.807) is 32.4 Å². The van der Waals surface area contributed by atoms with Crippen LogP contribution in [-0.4, -0.2) is 91.6 Å². The number of rotatable bonds is 10. The van der Waals surface area contributed by atoms with E-state index in [0.29, 0.717) is 36.7 Å². The minimum absolute atomic E-state index is 0.0717. The van der Waals surface area contributed by atoms with Gasteiger partial charge in [-0.05, 0) is 48.2 Å². The van der Waals surface area contributed by atoms with Gasteiger partial charge >= 0.3 is 5.97 Å². The van der Waals surface area contributed by atoms with Gasteiger partial charge in [0.25, 0.3) is 0 Å². The van der Waals surface area contributed by atoms with Crippen molar-refractivity contribution in [3.8, 4) is 23.0 Å². The molecule has 2 heterocycles. The molecule has 38 heavy (non-hydrogen) atoms. The second-order valence-corrected chi connectivity index (χ2v) is 9.39. The zero-order valence-corrected chi connectivity index (χ0v) is 21.5. The highest BCUT2D eigenvalue weighted by Gasteiger charge is 2.45. The molecule has 0 spiro atoms. The largest absolute Gasteiger partial charge is 0.493 e. The molecule has 11 nitrogen and oxygen atoms in total. The number of carbonyl (C=O) groups is 1. The lowest BCUT2D eigenvalue weighted by Gasteiger charge is -2.39. The number of hydrogen-bond acceptors (Lipinski definition) is 11. The molecule has 0 radical (unpaired) electrons. The third-order valence-corrected chi connectivity index (χ3v) is 7.03. The van der Waals surface area contributed by atoms with E-state index in [9.17, 15) is 25.2 Å². The summed E-state index contributed by atoms with van der Waals surface area (Å²) in [4.78, 5) is 12.6. The van der Waals surface area contributed by atoms with Crippen LogP contribution in [0.15, 0.2) is 36.4 Å². The molecular formula is C27H34O11. The molecule has 0 saturated carbocycles. The maximum absolute atomic E-state index is 12.6. The molecule has 4 N–H and O–H groups in total. The van der Waals surface area contributed by atoms with Crippen LogP contribution in [0, 0.1) is 11.8 Å². The average Bonchev–Trinajstić information content (AvgIpc) is 3.27. The Hall–Kier alpha value is -3.09. The maximum Gasteiger partial charge on any atom is 0.309 e. The molecule has 0 aromatic heterocycles. The quantitative estimate of drug-likeness (QED) is 0.315. The Morgan fingerprint density at radius 1 is 0.816 bits per heavy atom. The number of cyclic esters (lactones) is 1. The molecule has 11 heteroatoms. The number of carbonyl (C=O) groups excluding carboxylic acids is 1. The van der Waals surface area contributed by atoms with Crippen molar-refractivity contribution in [1.82, 2.24) is 0 Å². The molecule has 4 rings (SSSR count). The Bertz CT molecular complexity index is 1100. The zero-order chi connectivity index (χ0) is 27.4. The van der Waals surface area contributed by atoms with Crippen LogP contribution in [0.3, 0.4) is 0 Å². The Labute approximate surface area is 220 Å². The number of ether oxygens (including phenoxy) is 6. The first-order valence-electron chi connectivity index (χ1n) is 12.3. The van der Waals surface area contributed by atoms with Crippen LogP contribution < -0.4 is 18.9 Å². The van der Waals surface area contributed by atoms with Crippen molar-refractivity contribution < 1.29 is 53.6 Å². The maximum atomic E-state index is 12.6. The van der Waals surface area contributed by atoms with Crippen LogP contribution in [-0.2, 0) is 27.1 Å². The van der Waals surface area contributed by atoms with Gasteiger partial charge in [0.2, 0.25) is 6.29 Å². The van der Waals surface area contributed by atoms with Crippen LogP contribution in [0.1, 0.15) is 11.1 Å². The first kappa shape index (κ1) is 27.9. The van der Waals surface area contributed by atoms with Gasteiger partial charge in [0, 0.05) is 5.92 Å². The Balaban J connectivity index is 1.47. The molecule has 7 unspecified atom stereocenters. The van der Waals surface area contributed by atoms with Gasteiger partial charge in [-0.3, -0.25) is 4.79 Å². The standard InChI is InChI=1S/C27H34O11/c1-33-18-6-4-15(11-20(18)34-2)9-17-16(13-36-26(17)32)8-14-5-7-19(21(10-14)35-3)37-27-25(31)24(30)23(29)22(12-28)38-27/h4-7,10-11,16-17,22-25,27-31H,8-9,12-13H2,1-3H3. The second kappa shape index (κ2) is 12.2. The SMILES string of the molecule is COc1ccc(CC2C(=O)OCC2Cc2ccc(OC3OC(CO)C(O)C(O)C3O)c(OC)c2)cc1OC. The zero-order valence-electron chi connectivity index (χ0n) is 21.5. The summed E-state index contributed by atoms with van der Waals surface area (Å²) in [7, 11) is 4.59. The van der Waals surface area contributed by atoms with Crippen LogP contribution in [0.2, 0.25) is 0 Å². The minimum Gasteiger partial charge on any atom is -0.493 e. The van der Waals surface area contributed by atoms with E-state index >= 15 is 0 Å².